The second kappa shape index (κ2) is 2.99. The summed E-state index contributed by atoms with van der Waals surface area (Å²) in [5.41, 5.74) is 1.98. The first-order valence-corrected chi connectivity index (χ1v) is 5.64. The topological polar surface area (TPSA) is 46.1 Å². The van der Waals surface area contributed by atoms with Crippen molar-refractivity contribution in [3.8, 4) is 0 Å². The summed E-state index contributed by atoms with van der Waals surface area (Å²) in [4.78, 5) is 19.9. The summed E-state index contributed by atoms with van der Waals surface area (Å²) in [5.74, 6) is -0.157. The summed E-state index contributed by atoms with van der Waals surface area (Å²) in [6, 6.07) is 3.71. The summed E-state index contributed by atoms with van der Waals surface area (Å²) in [5, 5.41) is 0.786. The Morgan fingerprint density at radius 2 is 2.07 bits per heavy atom. The second-order valence-electron chi connectivity index (χ2n) is 3.10. The highest BCUT2D eigenvalue weighted by Crippen LogP contribution is 2.39. The van der Waals surface area contributed by atoms with E-state index in [1.807, 2.05) is 12.1 Å². The molecule has 1 aromatic carbocycles. The van der Waals surface area contributed by atoms with Gasteiger partial charge < -0.3 is 0 Å². The van der Waals surface area contributed by atoms with Gasteiger partial charge in [0.1, 0.15) is 12.0 Å². The van der Waals surface area contributed by atoms with Gasteiger partial charge in [0, 0.05) is 4.47 Å². The maximum absolute atomic E-state index is 11.8. The molecule has 0 saturated carbocycles. The van der Waals surface area contributed by atoms with Gasteiger partial charge in [-0.15, -0.1) is 0 Å². The molecular formula is C9H3Br2N3O. The molecule has 1 aliphatic rings. The third-order valence-corrected chi connectivity index (χ3v) is 3.65. The predicted molar refractivity (Wildman–Crippen MR) is 63.0 cm³/mol. The molecule has 0 bridgehead atoms. The minimum Gasteiger partial charge on any atom is -0.266 e. The molecule has 2 heterocycles. The number of carbonyl (C=O) groups is 1. The van der Waals surface area contributed by atoms with Crippen molar-refractivity contribution in [3.63, 3.8) is 0 Å². The summed E-state index contributed by atoms with van der Waals surface area (Å²) in [7, 11) is 0. The van der Waals surface area contributed by atoms with Gasteiger partial charge in [0.15, 0.2) is 0 Å². The molecule has 15 heavy (non-hydrogen) atoms. The largest absolute Gasteiger partial charge is 0.287 e. The van der Waals surface area contributed by atoms with Crippen molar-refractivity contribution in [2.24, 2.45) is 0 Å². The zero-order valence-electron chi connectivity index (χ0n) is 7.24. The van der Waals surface area contributed by atoms with Crippen LogP contribution in [0.2, 0.25) is 0 Å². The lowest BCUT2D eigenvalue weighted by molar-refractivity contribution is 0.101. The van der Waals surface area contributed by atoms with E-state index in [0.29, 0.717) is 5.69 Å². The van der Waals surface area contributed by atoms with Gasteiger partial charge in [0.05, 0.1) is 32.7 Å². The molecule has 0 fully saturated rings. The number of carbonyl (C=O) groups excluding carboxylic acids is 1. The molecule has 4 nitrogen and oxygen atoms in total. The molecule has 1 amide bonds. The van der Waals surface area contributed by atoms with Gasteiger partial charge in [0.25, 0.3) is 5.91 Å². The Morgan fingerprint density at radius 1 is 1.27 bits per heavy atom. The van der Waals surface area contributed by atoms with E-state index in [-0.39, 0.29) is 5.91 Å². The van der Waals surface area contributed by atoms with Crippen molar-refractivity contribution >= 4 is 54.6 Å². The average molecular weight is 329 g/mol. The van der Waals surface area contributed by atoms with Crippen LogP contribution in [0.3, 0.4) is 0 Å². The molecule has 0 atom stereocenters. The molecule has 0 saturated heterocycles. The van der Waals surface area contributed by atoms with Gasteiger partial charge in [-0.05, 0) is 28.1 Å². The third-order valence-electron chi connectivity index (χ3n) is 2.31. The van der Waals surface area contributed by atoms with Gasteiger partial charge >= 0.3 is 0 Å². The highest BCUT2D eigenvalue weighted by atomic mass is 79.9. The summed E-state index contributed by atoms with van der Waals surface area (Å²) >= 11 is 6.60. The fraction of sp³-hybridized carbons (Fsp3) is 0. The minimum absolute atomic E-state index is 0.157. The Labute approximate surface area is 102 Å². The summed E-state index contributed by atoms with van der Waals surface area (Å²) in [6.45, 7) is 0. The Bertz CT molecular complexity index is 599. The van der Waals surface area contributed by atoms with E-state index in [4.69, 9.17) is 0 Å². The van der Waals surface area contributed by atoms with Crippen molar-refractivity contribution in [1.82, 2.24) is 9.97 Å². The predicted octanol–water partition coefficient (Wildman–Crippen LogP) is 2.66. The molecule has 0 radical (unpaired) electrons. The Hall–Kier alpha value is -1.01. The molecule has 0 N–H and O–H groups in total. The molecule has 0 aliphatic carbocycles. The zero-order chi connectivity index (χ0) is 10.6. The smallest absolute Gasteiger partial charge is 0.266 e. The van der Waals surface area contributed by atoms with Crippen LogP contribution < -0.4 is 3.93 Å². The van der Waals surface area contributed by atoms with E-state index in [1.54, 1.807) is 0 Å². The van der Waals surface area contributed by atoms with Crippen molar-refractivity contribution in [2.45, 2.75) is 0 Å². The third kappa shape index (κ3) is 1.09. The quantitative estimate of drug-likeness (QED) is 0.698. The Balaban J connectivity index is 2.56. The van der Waals surface area contributed by atoms with Crippen molar-refractivity contribution < 1.29 is 4.79 Å². The van der Waals surface area contributed by atoms with E-state index < -0.39 is 0 Å². The standard InChI is InChI=1S/C9H3Br2N3O/c10-4-1-2-5-6-7(4)12-3-13-8(6)9(15)14(5)11/h1-3H. The van der Waals surface area contributed by atoms with E-state index in [1.165, 1.54) is 10.3 Å². The van der Waals surface area contributed by atoms with Crippen LogP contribution in [0, 0.1) is 0 Å². The number of rotatable bonds is 0. The number of amides is 1. The van der Waals surface area contributed by atoms with Crippen LogP contribution in [0.4, 0.5) is 5.69 Å². The lowest BCUT2D eigenvalue weighted by atomic mass is 10.2. The molecule has 6 heteroatoms. The normalized spacial score (nSPS) is 14.0. The van der Waals surface area contributed by atoms with Gasteiger partial charge in [-0.25, -0.2) is 13.9 Å². The highest BCUT2D eigenvalue weighted by molar-refractivity contribution is 9.10. The molecular weight excluding hydrogens is 326 g/mol. The zero-order valence-corrected chi connectivity index (χ0v) is 10.4. The molecule has 2 aromatic rings. The van der Waals surface area contributed by atoms with E-state index in [9.17, 15) is 4.79 Å². The van der Waals surface area contributed by atoms with E-state index in [0.717, 1.165) is 21.1 Å². The SMILES string of the molecule is O=C1c2ncnc3c(Br)ccc(c23)N1Br. The average Bonchev–Trinajstić information content (AvgIpc) is 2.50. The van der Waals surface area contributed by atoms with Crippen molar-refractivity contribution in [3.05, 3.63) is 28.6 Å². The first-order valence-electron chi connectivity index (χ1n) is 4.13. The number of halogens is 2. The van der Waals surface area contributed by atoms with Crippen LogP contribution in [-0.4, -0.2) is 15.9 Å². The lowest BCUT2D eigenvalue weighted by Crippen LogP contribution is -2.14. The van der Waals surface area contributed by atoms with Crippen molar-refractivity contribution in [2.75, 3.05) is 3.93 Å². The van der Waals surface area contributed by atoms with Crippen LogP contribution in [-0.2, 0) is 0 Å². The van der Waals surface area contributed by atoms with E-state index in [2.05, 4.69) is 42.0 Å². The summed E-state index contributed by atoms with van der Waals surface area (Å²) < 4.78 is 2.27. The van der Waals surface area contributed by atoms with Gasteiger partial charge in [-0.2, -0.15) is 0 Å². The number of aromatic nitrogens is 2. The van der Waals surface area contributed by atoms with Gasteiger partial charge in [-0.3, -0.25) is 4.79 Å². The highest BCUT2D eigenvalue weighted by Gasteiger charge is 2.30. The first-order chi connectivity index (χ1) is 7.20. The van der Waals surface area contributed by atoms with Gasteiger partial charge in [-0.1, -0.05) is 0 Å². The van der Waals surface area contributed by atoms with Crippen LogP contribution in [0.25, 0.3) is 10.9 Å². The van der Waals surface area contributed by atoms with Gasteiger partial charge in [0.2, 0.25) is 0 Å². The summed E-state index contributed by atoms with van der Waals surface area (Å²) in [6.07, 6.45) is 1.40. The Morgan fingerprint density at radius 3 is 2.87 bits per heavy atom. The van der Waals surface area contributed by atoms with Crippen LogP contribution in [0.5, 0.6) is 0 Å². The fourth-order valence-corrected chi connectivity index (χ4v) is 2.55. The maximum atomic E-state index is 11.8. The van der Waals surface area contributed by atoms with Crippen LogP contribution >= 0.6 is 32.1 Å². The molecule has 0 spiro atoms. The number of anilines is 1. The number of hydrogen-bond acceptors (Lipinski definition) is 3. The molecule has 1 aliphatic heterocycles. The number of hydrogen-bond donors (Lipinski definition) is 0. The monoisotopic (exact) mass is 327 g/mol. The number of benzene rings is 1. The maximum Gasteiger partial charge on any atom is 0.287 e. The minimum atomic E-state index is -0.157. The van der Waals surface area contributed by atoms with Crippen LogP contribution in [0.1, 0.15) is 10.5 Å². The molecule has 3 rings (SSSR count). The molecule has 1 aromatic heterocycles. The number of nitrogens with zero attached hydrogens (tertiary/aromatic N) is 3. The lowest BCUT2D eigenvalue weighted by Gasteiger charge is -2.05. The first kappa shape index (κ1) is 9.23. The molecule has 0 unspecified atom stereocenters. The fourth-order valence-electron chi connectivity index (χ4n) is 1.65. The molecule has 74 valence electrons. The Kier molecular flexibility index (Phi) is 1.84. The van der Waals surface area contributed by atoms with Crippen LogP contribution in [0.15, 0.2) is 22.9 Å². The second-order valence-corrected chi connectivity index (χ2v) is 4.66. The van der Waals surface area contributed by atoms with E-state index >= 15 is 0 Å². The van der Waals surface area contributed by atoms with Crippen molar-refractivity contribution in [1.29, 1.82) is 0 Å².